The summed E-state index contributed by atoms with van der Waals surface area (Å²) in [7, 11) is 0. The number of hydrogen-bond acceptors (Lipinski definition) is 3. The van der Waals surface area contributed by atoms with E-state index in [-0.39, 0.29) is 17.9 Å². The first-order valence-corrected chi connectivity index (χ1v) is 8.60. The smallest absolute Gasteiger partial charge is 0.254 e. The van der Waals surface area contributed by atoms with E-state index in [2.05, 4.69) is 21.2 Å². The number of halogens is 1. The highest BCUT2D eigenvalue weighted by Gasteiger charge is 2.24. The molecule has 1 aliphatic heterocycles. The van der Waals surface area contributed by atoms with Gasteiger partial charge in [-0.1, -0.05) is 6.92 Å². The van der Waals surface area contributed by atoms with Gasteiger partial charge in [0, 0.05) is 30.9 Å². The standard InChI is InChI=1S/C14H19BrN2O2S/c1-2-3-13(18)16-11-4-6-17(7-5-11)14(19)10-8-12(15)20-9-10/h8-9,11H,2-7H2,1H3,(H,16,18). The molecule has 0 spiro atoms. The van der Waals surface area contributed by atoms with Crippen molar-refractivity contribution in [3.05, 3.63) is 20.8 Å². The third-order valence-corrected chi connectivity index (χ3v) is 4.94. The van der Waals surface area contributed by atoms with E-state index in [1.807, 2.05) is 23.3 Å². The Bertz CT molecular complexity index is 481. The summed E-state index contributed by atoms with van der Waals surface area (Å²) in [4.78, 5) is 25.7. The van der Waals surface area contributed by atoms with Crippen LogP contribution in [0.15, 0.2) is 15.2 Å². The van der Waals surface area contributed by atoms with Gasteiger partial charge in [-0.15, -0.1) is 11.3 Å². The van der Waals surface area contributed by atoms with E-state index in [4.69, 9.17) is 0 Å². The summed E-state index contributed by atoms with van der Waals surface area (Å²) in [6, 6.07) is 2.08. The Balaban J connectivity index is 1.82. The number of carbonyl (C=O) groups excluding carboxylic acids is 2. The lowest BCUT2D eigenvalue weighted by Gasteiger charge is -2.32. The predicted octanol–water partition coefficient (Wildman–Crippen LogP) is 3.03. The summed E-state index contributed by atoms with van der Waals surface area (Å²) in [5.74, 6) is 0.212. The highest BCUT2D eigenvalue weighted by Crippen LogP contribution is 2.23. The molecule has 1 fully saturated rings. The first-order chi connectivity index (χ1) is 9.60. The summed E-state index contributed by atoms with van der Waals surface area (Å²) in [6.07, 6.45) is 3.14. The molecule has 2 amide bonds. The van der Waals surface area contributed by atoms with Crippen molar-refractivity contribution in [3.63, 3.8) is 0 Å². The summed E-state index contributed by atoms with van der Waals surface area (Å²) in [5.41, 5.74) is 0.746. The van der Waals surface area contributed by atoms with Crippen molar-refractivity contribution >= 4 is 39.1 Å². The Morgan fingerprint density at radius 3 is 2.70 bits per heavy atom. The number of rotatable bonds is 4. The van der Waals surface area contributed by atoms with E-state index in [0.717, 1.165) is 28.6 Å². The van der Waals surface area contributed by atoms with Gasteiger partial charge in [-0.2, -0.15) is 0 Å². The SMILES string of the molecule is CCCC(=O)NC1CCN(C(=O)c2csc(Br)c2)CC1. The summed E-state index contributed by atoms with van der Waals surface area (Å²) in [6.45, 7) is 3.42. The van der Waals surface area contributed by atoms with Crippen molar-refractivity contribution in [2.45, 2.75) is 38.6 Å². The second-order valence-electron chi connectivity index (χ2n) is 5.02. The minimum atomic E-state index is 0.0882. The molecule has 4 nitrogen and oxygen atoms in total. The van der Waals surface area contributed by atoms with Gasteiger partial charge in [-0.05, 0) is 41.3 Å². The number of hydrogen-bond donors (Lipinski definition) is 1. The molecule has 2 rings (SSSR count). The first-order valence-electron chi connectivity index (χ1n) is 6.92. The zero-order valence-corrected chi connectivity index (χ0v) is 13.9. The average Bonchev–Trinajstić information content (AvgIpc) is 2.86. The minimum absolute atomic E-state index is 0.0882. The lowest BCUT2D eigenvalue weighted by atomic mass is 10.0. The fraction of sp³-hybridized carbons (Fsp3) is 0.571. The Morgan fingerprint density at radius 2 is 2.15 bits per heavy atom. The number of carbonyl (C=O) groups is 2. The molecule has 0 aliphatic carbocycles. The molecule has 2 heterocycles. The molecule has 1 saturated heterocycles. The number of nitrogens with one attached hydrogen (secondary N) is 1. The third-order valence-electron chi connectivity index (χ3n) is 3.44. The number of thiophene rings is 1. The van der Waals surface area contributed by atoms with Crippen LogP contribution in [0.5, 0.6) is 0 Å². The van der Waals surface area contributed by atoms with Crippen LogP contribution in [0.3, 0.4) is 0 Å². The van der Waals surface area contributed by atoms with E-state index >= 15 is 0 Å². The molecule has 1 aromatic heterocycles. The summed E-state index contributed by atoms with van der Waals surface area (Å²) >= 11 is 4.90. The van der Waals surface area contributed by atoms with Crippen LogP contribution in [-0.2, 0) is 4.79 Å². The second kappa shape index (κ2) is 7.22. The molecule has 0 aromatic carbocycles. The minimum Gasteiger partial charge on any atom is -0.353 e. The van der Waals surface area contributed by atoms with Crippen molar-refractivity contribution in [3.8, 4) is 0 Å². The fourth-order valence-electron chi connectivity index (χ4n) is 2.36. The lowest BCUT2D eigenvalue weighted by Crippen LogP contribution is -2.46. The normalized spacial score (nSPS) is 16.2. The maximum absolute atomic E-state index is 12.3. The number of nitrogens with zero attached hydrogens (tertiary/aromatic N) is 1. The first kappa shape index (κ1) is 15.5. The zero-order chi connectivity index (χ0) is 14.5. The second-order valence-corrected chi connectivity index (χ2v) is 7.31. The largest absolute Gasteiger partial charge is 0.353 e. The van der Waals surface area contributed by atoms with Gasteiger partial charge >= 0.3 is 0 Å². The Morgan fingerprint density at radius 1 is 1.45 bits per heavy atom. The van der Waals surface area contributed by atoms with Gasteiger partial charge in [0.25, 0.3) is 5.91 Å². The van der Waals surface area contributed by atoms with E-state index < -0.39 is 0 Å². The van der Waals surface area contributed by atoms with Crippen LogP contribution in [0.2, 0.25) is 0 Å². The third kappa shape index (κ3) is 4.06. The summed E-state index contributed by atoms with van der Waals surface area (Å²) < 4.78 is 0.975. The molecule has 0 unspecified atom stereocenters. The van der Waals surface area contributed by atoms with Crippen LogP contribution in [0.1, 0.15) is 43.0 Å². The van der Waals surface area contributed by atoms with Gasteiger partial charge in [0.2, 0.25) is 5.91 Å². The molecule has 20 heavy (non-hydrogen) atoms. The Hall–Kier alpha value is -0.880. The molecule has 6 heteroatoms. The van der Waals surface area contributed by atoms with Crippen molar-refractivity contribution in [1.82, 2.24) is 10.2 Å². The van der Waals surface area contributed by atoms with E-state index in [0.29, 0.717) is 19.5 Å². The van der Waals surface area contributed by atoms with Gasteiger partial charge in [0.15, 0.2) is 0 Å². The van der Waals surface area contributed by atoms with Gasteiger partial charge in [-0.3, -0.25) is 9.59 Å². The molecule has 110 valence electrons. The van der Waals surface area contributed by atoms with Gasteiger partial charge in [-0.25, -0.2) is 0 Å². The van der Waals surface area contributed by atoms with Gasteiger partial charge < -0.3 is 10.2 Å². The van der Waals surface area contributed by atoms with Crippen molar-refractivity contribution in [2.24, 2.45) is 0 Å². The molecule has 0 bridgehead atoms. The number of amides is 2. The molecular formula is C14H19BrN2O2S. The molecule has 0 atom stereocenters. The topological polar surface area (TPSA) is 49.4 Å². The molecular weight excluding hydrogens is 340 g/mol. The van der Waals surface area contributed by atoms with Crippen molar-refractivity contribution in [2.75, 3.05) is 13.1 Å². The van der Waals surface area contributed by atoms with Crippen LogP contribution in [-0.4, -0.2) is 35.8 Å². The molecule has 0 radical (unpaired) electrons. The van der Waals surface area contributed by atoms with Crippen LogP contribution >= 0.6 is 27.3 Å². The quantitative estimate of drug-likeness (QED) is 0.899. The molecule has 0 saturated carbocycles. The highest BCUT2D eigenvalue weighted by molar-refractivity contribution is 9.11. The van der Waals surface area contributed by atoms with Crippen molar-refractivity contribution < 1.29 is 9.59 Å². The fourth-order valence-corrected chi connectivity index (χ4v) is 3.49. The number of piperidine rings is 1. The predicted molar refractivity (Wildman–Crippen MR) is 84.0 cm³/mol. The van der Waals surface area contributed by atoms with Gasteiger partial charge in [0.1, 0.15) is 0 Å². The van der Waals surface area contributed by atoms with Crippen LogP contribution in [0.25, 0.3) is 0 Å². The zero-order valence-electron chi connectivity index (χ0n) is 11.5. The Kier molecular flexibility index (Phi) is 5.60. The lowest BCUT2D eigenvalue weighted by molar-refractivity contribution is -0.122. The average molecular weight is 359 g/mol. The maximum atomic E-state index is 12.3. The van der Waals surface area contributed by atoms with E-state index in [1.54, 1.807) is 0 Å². The van der Waals surface area contributed by atoms with E-state index in [9.17, 15) is 9.59 Å². The monoisotopic (exact) mass is 358 g/mol. The highest BCUT2D eigenvalue weighted by atomic mass is 79.9. The number of likely N-dealkylation sites (tertiary alicyclic amines) is 1. The summed E-state index contributed by atoms with van der Waals surface area (Å²) in [5, 5.41) is 4.92. The van der Waals surface area contributed by atoms with Gasteiger partial charge in [0.05, 0.1) is 9.35 Å². The Labute approximate surface area is 131 Å². The van der Waals surface area contributed by atoms with Crippen LogP contribution in [0, 0.1) is 0 Å². The molecule has 1 aliphatic rings. The van der Waals surface area contributed by atoms with Crippen LogP contribution < -0.4 is 5.32 Å². The maximum Gasteiger partial charge on any atom is 0.254 e. The molecule has 1 aromatic rings. The van der Waals surface area contributed by atoms with Crippen LogP contribution in [0.4, 0.5) is 0 Å². The van der Waals surface area contributed by atoms with Crippen molar-refractivity contribution in [1.29, 1.82) is 0 Å². The molecule has 1 N–H and O–H groups in total. The van der Waals surface area contributed by atoms with E-state index in [1.165, 1.54) is 11.3 Å².